The lowest BCUT2D eigenvalue weighted by Gasteiger charge is -2.04. The molecule has 0 aliphatic carbocycles. The first-order valence-corrected chi connectivity index (χ1v) is 7.23. The maximum Gasteiger partial charge on any atom is 0.122 e. The zero-order valence-corrected chi connectivity index (χ0v) is 11.2. The molecule has 0 unspecified atom stereocenters. The van der Waals surface area contributed by atoms with E-state index in [1.807, 2.05) is 12.1 Å². The van der Waals surface area contributed by atoms with Crippen molar-refractivity contribution in [3.8, 4) is 0 Å². The summed E-state index contributed by atoms with van der Waals surface area (Å²) < 4.78 is 0. The predicted octanol–water partition coefficient (Wildman–Crippen LogP) is 4.02. The zero-order valence-electron chi connectivity index (χ0n) is 9.56. The average molecular weight is 252 g/mol. The van der Waals surface area contributed by atoms with E-state index in [4.69, 9.17) is 0 Å². The van der Waals surface area contributed by atoms with E-state index < -0.39 is 6.10 Å². The quantitative estimate of drug-likeness (QED) is 0.871. The molecule has 0 spiro atoms. The van der Waals surface area contributed by atoms with E-state index in [-0.39, 0.29) is 0 Å². The molecule has 0 bridgehead atoms. The van der Waals surface area contributed by atoms with E-state index in [1.54, 1.807) is 22.7 Å². The number of hydrogen-bond donors (Lipinski definition) is 1. The molecule has 0 saturated heterocycles. The number of aliphatic hydroxyl groups excluding tert-OH is 1. The number of thiophene rings is 2. The Kier molecular flexibility index (Phi) is 3.79. The van der Waals surface area contributed by atoms with Gasteiger partial charge in [-0.05, 0) is 37.1 Å². The molecule has 0 aliphatic heterocycles. The highest BCUT2D eigenvalue weighted by atomic mass is 32.1. The van der Waals surface area contributed by atoms with Crippen LogP contribution in [-0.4, -0.2) is 5.11 Å². The van der Waals surface area contributed by atoms with E-state index in [0.29, 0.717) is 0 Å². The molecule has 0 amide bonds. The lowest BCUT2D eigenvalue weighted by atomic mass is 10.2. The normalized spacial score (nSPS) is 11.2. The molecule has 0 atom stereocenters. The first-order valence-electron chi connectivity index (χ1n) is 5.59. The van der Waals surface area contributed by atoms with Gasteiger partial charge in [-0.1, -0.05) is 13.8 Å². The lowest BCUT2D eigenvalue weighted by molar-refractivity contribution is 0.228. The fraction of sp³-hybridized carbons (Fsp3) is 0.385. The largest absolute Gasteiger partial charge is 0.382 e. The second kappa shape index (κ2) is 5.13. The van der Waals surface area contributed by atoms with Gasteiger partial charge in [0, 0.05) is 19.5 Å². The Morgan fingerprint density at radius 2 is 1.38 bits per heavy atom. The molecule has 0 fully saturated rings. The Morgan fingerprint density at radius 1 is 0.938 bits per heavy atom. The van der Waals surface area contributed by atoms with Gasteiger partial charge >= 0.3 is 0 Å². The van der Waals surface area contributed by atoms with Crippen LogP contribution >= 0.6 is 22.7 Å². The Hall–Kier alpha value is -0.640. The summed E-state index contributed by atoms with van der Waals surface area (Å²) in [6, 6.07) is 8.30. The molecule has 3 heteroatoms. The lowest BCUT2D eigenvalue weighted by Crippen LogP contribution is -1.92. The van der Waals surface area contributed by atoms with Crippen LogP contribution in [0.15, 0.2) is 24.3 Å². The van der Waals surface area contributed by atoms with E-state index in [0.717, 1.165) is 22.6 Å². The summed E-state index contributed by atoms with van der Waals surface area (Å²) in [5.41, 5.74) is 0. The van der Waals surface area contributed by atoms with Gasteiger partial charge in [0.25, 0.3) is 0 Å². The minimum atomic E-state index is -0.435. The Labute approximate surface area is 104 Å². The molecule has 0 aliphatic rings. The number of hydrogen-bond acceptors (Lipinski definition) is 3. The molecular formula is C13H16OS2. The summed E-state index contributed by atoms with van der Waals surface area (Å²) in [4.78, 5) is 4.78. The zero-order chi connectivity index (χ0) is 11.5. The van der Waals surface area contributed by atoms with E-state index in [9.17, 15) is 5.11 Å². The van der Waals surface area contributed by atoms with Gasteiger partial charge < -0.3 is 5.11 Å². The molecule has 16 heavy (non-hydrogen) atoms. The van der Waals surface area contributed by atoms with Crippen LogP contribution in [-0.2, 0) is 12.8 Å². The van der Waals surface area contributed by atoms with Gasteiger partial charge in [-0.25, -0.2) is 0 Å². The Balaban J connectivity index is 2.20. The second-order valence-electron chi connectivity index (χ2n) is 3.72. The Bertz CT molecular complexity index is 414. The average Bonchev–Trinajstić information content (AvgIpc) is 2.97. The van der Waals surface area contributed by atoms with Gasteiger partial charge in [-0.15, -0.1) is 22.7 Å². The van der Waals surface area contributed by atoms with Gasteiger partial charge in [-0.2, -0.15) is 0 Å². The molecule has 0 saturated carbocycles. The van der Waals surface area contributed by atoms with Crippen molar-refractivity contribution >= 4 is 22.7 Å². The number of aryl methyl sites for hydroxylation is 2. The molecule has 0 aromatic carbocycles. The smallest absolute Gasteiger partial charge is 0.122 e. The molecule has 2 aromatic rings. The predicted molar refractivity (Wildman–Crippen MR) is 71.5 cm³/mol. The summed E-state index contributed by atoms with van der Waals surface area (Å²) in [5.74, 6) is 0. The molecule has 1 N–H and O–H groups in total. The Morgan fingerprint density at radius 3 is 1.69 bits per heavy atom. The molecule has 2 heterocycles. The van der Waals surface area contributed by atoms with Gasteiger partial charge in [0.2, 0.25) is 0 Å². The van der Waals surface area contributed by atoms with Crippen LogP contribution in [0, 0.1) is 0 Å². The van der Waals surface area contributed by atoms with Crippen molar-refractivity contribution in [2.45, 2.75) is 32.8 Å². The molecule has 86 valence electrons. The molecule has 0 radical (unpaired) electrons. The summed E-state index contributed by atoms with van der Waals surface area (Å²) in [6.07, 6.45) is 1.65. The van der Waals surface area contributed by atoms with Gasteiger partial charge in [0.15, 0.2) is 0 Å². The van der Waals surface area contributed by atoms with E-state index in [2.05, 4.69) is 26.0 Å². The highest BCUT2D eigenvalue weighted by Gasteiger charge is 2.14. The fourth-order valence-corrected chi connectivity index (χ4v) is 3.59. The second-order valence-corrected chi connectivity index (χ2v) is 6.12. The van der Waals surface area contributed by atoms with Crippen molar-refractivity contribution in [2.75, 3.05) is 0 Å². The van der Waals surface area contributed by atoms with Crippen LogP contribution < -0.4 is 0 Å². The first-order chi connectivity index (χ1) is 7.74. The first kappa shape index (κ1) is 11.8. The molecular weight excluding hydrogens is 236 g/mol. The van der Waals surface area contributed by atoms with Crippen LogP contribution in [0.1, 0.15) is 39.5 Å². The van der Waals surface area contributed by atoms with E-state index in [1.165, 1.54) is 9.75 Å². The highest BCUT2D eigenvalue weighted by molar-refractivity contribution is 7.13. The maximum atomic E-state index is 10.2. The van der Waals surface area contributed by atoms with Crippen LogP contribution in [0.4, 0.5) is 0 Å². The van der Waals surface area contributed by atoms with Gasteiger partial charge in [0.1, 0.15) is 6.10 Å². The van der Waals surface area contributed by atoms with Crippen LogP contribution in [0.25, 0.3) is 0 Å². The summed E-state index contributed by atoms with van der Waals surface area (Å²) in [7, 11) is 0. The van der Waals surface area contributed by atoms with Gasteiger partial charge in [-0.3, -0.25) is 0 Å². The highest BCUT2D eigenvalue weighted by Crippen LogP contribution is 2.32. The van der Waals surface area contributed by atoms with Crippen molar-refractivity contribution in [3.05, 3.63) is 43.8 Å². The maximum absolute atomic E-state index is 10.2. The minimum Gasteiger partial charge on any atom is -0.382 e. The third-order valence-corrected chi connectivity index (χ3v) is 5.16. The topological polar surface area (TPSA) is 20.2 Å². The van der Waals surface area contributed by atoms with Crippen LogP contribution in [0.2, 0.25) is 0 Å². The molecule has 1 nitrogen and oxygen atoms in total. The minimum absolute atomic E-state index is 0.435. The summed E-state index contributed by atoms with van der Waals surface area (Å²) >= 11 is 3.42. The molecule has 2 rings (SSSR count). The molecule has 2 aromatic heterocycles. The third kappa shape index (κ3) is 2.37. The van der Waals surface area contributed by atoms with E-state index >= 15 is 0 Å². The van der Waals surface area contributed by atoms with Crippen LogP contribution in [0.3, 0.4) is 0 Å². The number of aliphatic hydroxyl groups is 1. The summed E-state index contributed by atoms with van der Waals surface area (Å²) in [5, 5.41) is 10.2. The monoisotopic (exact) mass is 252 g/mol. The van der Waals surface area contributed by atoms with Crippen molar-refractivity contribution in [1.29, 1.82) is 0 Å². The number of rotatable bonds is 4. The van der Waals surface area contributed by atoms with Crippen molar-refractivity contribution in [3.63, 3.8) is 0 Å². The van der Waals surface area contributed by atoms with Crippen LogP contribution in [0.5, 0.6) is 0 Å². The summed E-state index contributed by atoms with van der Waals surface area (Å²) in [6.45, 7) is 4.28. The fourth-order valence-electron chi connectivity index (χ4n) is 1.60. The van der Waals surface area contributed by atoms with Gasteiger partial charge in [0.05, 0.1) is 0 Å². The van der Waals surface area contributed by atoms with Crippen molar-refractivity contribution in [2.24, 2.45) is 0 Å². The van der Waals surface area contributed by atoms with Crippen molar-refractivity contribution < 1.29 is 5.11 Å². The SMILES string of the molecule is CCc1ccc(C(O)c2ccc(CC)s2)s1. The standard InChI is InChI=1S/C13H16OS2/c1-3-9-5-7-11(15-9)13(14)12-8-6-10(4-2)16-12/h5-8,13-14H,3-4H2,1-2H3. The van der Waals surface area contributed by atoms with Crippen molar-refractivity contribution in [1.82, 2.24) is 0 Å². The third-order valence-electron chi connectivity index (χ3n) is 2.60.